The zero-order chi connectivity index (χ0) is 13.6. The van der Waals surface area contributed by atoms with E-state index in [1.807, 2.05) is 0 Å². The molecule has 0 heterocycles. The third kappa shape index (κ3) is 11.4. The first kappa shape index (κ1) is 16.9. The molecule has 0 spiro atoms. The number of nitrogens with two attached hydrogens (primary N) is 1. The maximum atomic E-state index is 11.4. The minimum absolute atomic E-state index is 0.0617. The van der Waals surface area contributed by atoms with Gasteiger partial charge in [0, 0.05) is 19.4 Å². The molecule has 106 valence electrons. The molecule has 0 aromatic heterocycles. The molecule has 5 nitrogen and oxygen atoms in total. The average Bonchev–Trinajstić information content (AvgIpc) is 2.35. The highest BCUT2D eigenvalue weighted by atomic mass is 16.5. The molecular formula is C13H26N2O3. The monoisotopic (exact) mass is 258 g/mol. The van der Waals surface area contributed by atoms with Crippen LogP contribution in [0.2, 0.25) is 0 Å². The smallest absolute Gasteiger partial charge is 0.305 e. The third-order valence-corrected chi connectivity index (χ3v) is 2.54. The van der Waals surface area contributed by atoms with Gasteiger partial charge < -0.3 is 15.8 Å². The van der Waals surface area contributed by atoms with Crippen LogP contribution in [0.4, 0.5) is 0 Å². The van der Waals surface area contributed by atoms with Crippen LogP contribution in [0, 0.1) is 0 Å². The summed E-state index contributed by atoms with van der Waals surface area (Å²) in [5.74, 6) is -0.139. The van der Waals surface area contributed by atoms with Crippen LogP contribution in [0.5, 0.6) is 0 Å². The number of esters is 1. The summed E-state index contributed by atoms with van der Waals surface area (Å²) >= 11 is 0. The Morgan fingerprint density at radius 1 is 1.06 bits per heavy atom. The molecule has 0 fully saturated rings. The molecule has 5 heteroatoms. The molecule has 0 rings (SSSR count). The maximum absolute atomic E-state index is 11.4. The summed E-state index contributed by atoms with van der Waals surface area (Å²) in [6, 6.07) is 0. The Hall–Kier alpha value is -1.10. The normalized spacial score (nSPS) is 10.1. The largest absolute Gasteiger partial charge is 0.466 e. The standard InChI is InChI=1S/C13H26N2O3/c1-2-18-13(17)9-7-11-15-12(16)8-5-3-4-6-10-14/h2-11,14H2,1H3,(H,15,16). The van der Waals surface area contributed by atoms with Gasteiger partial charge in [-0.1, -0.05) is 12.8 Å². The number of rotatable bonds is 11. The summed E-state index contributed by atoms with van der Waals surface area (Å²) in [7, 11) is 0. The van der Waals surface area contributed by atoms with Crippen LogP contribution >= 0.6 is 0 Å². The summed E-state index contributed by atoms with van der Waals surface area (Å²) in [6.45, 7) is 3.46. The lowest BCUT2D eigenvalue weighted by atomic mass is 10.1. The Bertz CT molecular complexity index is 232. The molecule has 0 aliphatic rings. The molecule has 3 N–H and O–H groups in total. The predicted molar refractivity (Wildman–Crippen MR) is 71.0 cm³/mol. The van der Waals surface area contributed by atoms with Crippen molar-refractivity contribution in [3.8, 4) is 0 Å². The first-order chi connectivity index (χ1) is 8.70. The Kier molecular flexibility index (Phi) is 11.6. The van der Waals surface area contributed by atoms with E-state index in [1.165, 1.54) is 0 Å². The molecule has 0 atom stereocenters. The van der Waals surface area contributed by atoms with Crippen molar-refractivity contribution in [1.29, 1.82) is 0 Å². The van der Waals surface area contributed by atoms with Crippen LogP contribution in [-0.4, -0.2) is 31.6 Å². The van der Waals surface area contributed by atoms with Crippen molar-refractivity contribution >= 4 is 11.9 Å². The van der Waals surface area contributed by atoms with Crippen molar-refractivity contribution in [2.45, 2.75) is 51.9 Å². The fourth-order valence-corrected chi connectivity index (χ4v) is 1.57. The summed E-state index contributed by atoms with van der Waals surface area (Å²) in [5.41, 5.74) is 5.38. The first-order valence-electron chi connectivity index (χ1n) is 6.83. The molecule has 0 aromatic rings. The van der Waals surface area contributed by atoms with E-state index in [9.17, 15) is 9.59 Å². The van der Waals surface area contributed by atoms with Crippen LogP contribution in [0.15, 0.2) is 0 Å². The van der Waals surface area contributed by atoms with Gasteiger partial charge in [-0.2, -0.15) is 0 Å². The molecule has 0 aliphatic heterocycles. The number of hydrogen-bond donors (Lipinski definition) is 2. The fourth-order valence-electron chi connectivity index (χ4n) is 1.57. The van der Waals surface area contributed by atoms with Crippen molar-refractivity contribution in [3.63, 3.8) is 0 Å². The van der Waals surface area contributed by atoms with Gasteiger partial charge in [0.05, 0.1) is 6.61 Å². The Labute approximate surface area is 109 Å². The minimum Gasteiger partial charge on any atom is -0.466 e. The Morgan fingerprint density at radius 3 is 2.44 bits per heavy atom. The molecule has 0 saturated heterocycles. The number of unbranched alkanes of at least 4 members (excludes halogenated alkanes) is 3. The molecule has 0 saturated carbocycles. The second-order valence-corrected chi connectivity index (χ2v) is 4.21. The minimum atomic E-state index is -0.200. The van der Waals surface area contributed by atoms with Crippen molar-refractivity contribution in [2.75, 3.05) is 19.7 Å². The summed E-state index contributed by atoms with van der Waals surface area (Å²) < 4.78 is 4.79. The second kappa shape index (κ2) is 12.4. The van der Waals surface area contributed by atoms with Gasteiger partial charge in [0.15, 0.2) is 0 Å². The second-order valence-electron chi connectivity index (χ2n) is 4.21. The molecule has 0 radical (unpaired) electrons. The van der Waals surface area contributed by atoms with Crippen LogP contribution in [0.3, 0.4) is 0 Å². The highest BCUT2D eigenvalue weighted by Gasteiger charge is 2.03. The quantitative estimate of drug-likeness (QED) is 0.433. The lowest BCUT2D eigenvalue weighted by molar-refractivity contribution is -0.143. The van der Waals surface area contributed by atoms with Crippen molar-refractivity contribution in [1.82, 2.24) is 5.32 Å². The van der Waals surface area contributed by atoms with Gasteiger partial charge in [0.2, 0.25) is 5.91 Å². The lowest BCUT2D eigenvalue weighted by Crippen LogP contribution is -2.24. The molecule has 0 unspecified atom stereocenters. The van der Waals surface area contributed by atoms with Gasteiger partial charge in [-0.25, -0.2) is 0 Å². The lowest BCUT2D eigenvalue weighted by Gasteiger charge is -2.05. The third-order valence-electron chi connectivity index (χ3n) is 2.54. The molecule has 0 bridgehead atoms. The summed E-state index contributed by atoms with van der Waals surface area (Å²) in [4.78, 5) is 22.4. The van der Waals surface area contributed by atoms with Gasteiger partial charge in [-0.15, -0.1) is 0 Å². The van der Waals surface area contributed by atoms with E-state index in [-0.39, 0.29) is 11.9 Å². The summed E-state index contributed by atoms with van der Waals surface area (Å²) in [5, 5.41) is 2.80. The maximum Gasteiger partial charge on any atom is 0.305 e. The van der Waals surface area contributed by atoms with Crippen molar-refractivity contribution in [3.05, 3.63) is 0 Å². The van der Waals surface area contributed by atoms with Crippen LogP contribution in [0.25, 0.3) is 0 Å². The number of carbonyl (C=O) groups excluding carboxylic acids is 2. The van der Waals surface area contributed by atoms with E-state index in [0.717, 1.165) is 32.2 Å². The van der Waals surface area contributed by atoms with Crippen molar-refractivity contribution < 1.29 is 14.3 Å². The average molecular weight is 258 g/mol. The van der Waals surface area contributed by atoms with Crippen LogP contribution in [-0.2, 0) is 14.3 Å². The van der Waals surface area contributed by atoms with Gasteiger partial charge in [-0.3, -0.25) is 9.59 Å². The number of carbonyl (C=O) groups is 2. The zero-order valence-electron chi connectivity index (χ0n) is 11.4. The van der Waals surface area contributed by atoms with E-state index in [1.54, 1.807) is 6.92 Å². The highest BCUT2D eigenvalue weighted by Crippen LogP contribution is 2.02. The highest BCUT2D eigenvalue weighted by molar-refractivity contribution is 5.75. The Balaban J connectivity index is 3.29. The topological polar surface area (TPSA) is 81.4 Å². The van der Waals surface area contributed by atoms with Crippen molar-refractivity contribution in [2.24, 2.45) is 5.73 Å². The number of amides is 1. The number of nitrogens with one attached hydrogen (secondary N) is 1. The molecule has 18 heavy (non-hydrogen) atoms. The van der Waals surface area contributed by atoms with Crippen LogP contribution < -0.4 is 11.1 Å². The molecule has 1 amide bonds. The number of hydrogen-bond acceptors (Lipinski definition) is 4. The van der Waals surface area contributed by atoms with Gasteiger partial charge in [0.25, 0.3) is 0 Å². The zero-order valence-corrected chi connectivity index (χ0v) is 11.4. The van der Waals surface area contributed by atoms with E-state index in [0.29, 0.717) is 32.4 Å². The van der Waals surface area contributed by atoms with E-state index in [4.69, 9.17) is 10.5 Å². The van der Waals surface area contributed by atoms with Gasteiger partial charge in [-0.05, 0) is 32.7 Å². The number of ether oxygens (including phenoxy) is 1. The van der Waals surface area contributed by atoms with Gasteiger partial charge >= 0.3 is 5.97 Å². The molecule has 0 aromatic carbocycles. The fraction of sp³-hybridized carbons (Fsp3) is 0.846. The van der Waals surface area contributed by atoms with E-state index in [2.05, 4.69) is 5.32 Å². The molecular weight excluding hydrogens is 232 g/mol. The van der Waals surface area contributed by atoms with E-state index < -0.39 is 0 Å². The Morgan fingerprint density at radius 2 is 1.78 bits per heavy atom. The van der Waals surface area contributed by atoms with E-state index >= 15 is 0 Å². The van der Waals surface area contributed by atoms with Gasteiger partial charge in [0.1, 0.15) is 0 Å². The SMILES string of the molecule is CCOC(=O)CCCNC(=O)CCCCCCN. The van der Waals surface area contributed by atoms with Crippen LogP contribution in [0.1, 0.15) is 51.9 Å². The predicted octanol–water partition coefficient (Wildman–Crippen LogP) is 1.36. The first-order valence-corrected chi connectivity index (χ1v) is 6.83. The summed E-state index contributed by atoms with van der Waals surface area (Å²) in [6.07, 6.45) is 5.64. The molecule has 0 aliphatic carbocycles.